The number of halogens is 3. The van der Waals surface area contributed by atoms with Crippen LogP contribution in [0.2, 0.25) is 0 Å². The molecule has 18 heteroatoms. The number of rotatable bonds is 4. The summed E-state index contributed by atoms with van der Waals surface area (Å²) in [5.41, 5.74) is 4.69. The van der Waals surface area contributed by atoms with E-state index in [2.05, 4.69) is 15.1 Å². The Kier molecular flexibility index (Phi) is 7.86. The molecule has 0 unspecified atom stereocenters. The maximum atomic E-state index is 12.3. The quantitative estimate of drug-likeness (QED) is 0.223. The predicted molar refractivity (Wildman–Crippen MR) is 90.5 cm³/mol. The van der Waals surface area contributed by atoms with Crippen LogP contribution >= 0.6 is 0 Å². The Morgan fingerprint density at radius 3 is 2.25 bits per heavy atom. The lowest BCUT2D eigenvalue weighted by Crippen LogP contribution is -2.81. The zero-order chi connectivity index (χ0) is 24.3. The van der Waals surface area contributed by atoms with Crippen molar-refractivity contribution in [2.75, 3.05) is 19.6 Å². The van der Waals surface area contributed by atoms with Gasteiger partial charge in [-0.25, -0.2) is 4.79 Å². The van der Waals surface area contributed by atoms with Gasteiger partial charge in [0, 0.05) is 13.0 Å². The fraction of sp³-hybridized carbons (Fsp3) is 0.714. The highest BCUT2D eigenvalue weighted by atomic mass is 32.3. The number of carboxylic acids is 1. The molecule has 3 fully saturated rings. The van der Waals surface area contributed by atoms with E-state index in [0.717, 1.165) is 17.9 Å². The number of carbonyl (C=O) groups is 4. The molecule has 5 N–H and O–H groups in total. The van der Waals surface area contributed by atoms with Crippen molar-refractivity contribution < 1.29 is 60.0 Å². The lowest BCUT2D eigenvalue weighted by Gasteiger charge is -2.29. The summed E-state index contributed by atoms with van der Waals surface area (Å²) < 4.78 is 66.2. The molecule has 3 saturated heterocycles. The summed E-state index contributed by atoms with van der Waals surface area (Å²) in [7, 11) is -4.83. The van der Waals surface area contributed by atoms with Crippen LogP contribution in [0.5, 0.6) is 0 Å². The van der Waals surface area contributed by atoms with Crippen molar-refractivity contribution in [3.63, 3.8) is 0 Å². The van der Waals surface area contributed by atoms with Crippen molar-refractivity contribution in [1.82, 2.24) is 20.8 Å². The van der Waals surface area contributed by atoms with E-state index in [1.165, 1.54) is 0 Å². The Hall–Kier alpha value is -2.70. The minimum Gasteiger partial charge on any atom is -0.542 e. The SMILES string of the molecule is O=C(NNC(=O)[C@@H]1CC[C@@H]2CN1C(=O)N2OS(=O)(=O)O)[C@@H]1CC[NH2+]C1.O=C([O-])C(F)(F)F. The smallest absolute Gasteiger partial charge is 0.430 e. The van der Waals surface area contributed by atoms with Crippen LogP contribution in [0.25, 0.3) is 0 Å². The van der Waals surface area contributed by atoms with Crippen LogP contribution in [-0.2, 0) is 29.1 Å². The normalized spacial score (nSPS) is 25.1. The monoisotopic (exact) mass is 491 g/mol. The van der Waals surface area contributed by atoms with Crippen molar-refractivity contribution in [2.45, 2.75) is 37.5 Å². The number of nitrogens with two attached hydrogens (primary N) is 1. The molecule has 0 aliphatic carbocycles. The van der Waals surface area contributed by atoms with Gasteiger partial charge >= 0.3 is 22.6 Å². The molecule has 4 amide bonds. The number of hydrogen-bond acceptors (Lipinski definition) is 8. The molecule has 0 aromatic rings. The van der Waals surface area contributed by atoms with Gasteiger partial charge in [-0.2, -0.15) is 26.7 Å². The molecule has 0 spiro atoms. The average Bonchev–Trinajstić information content (AvgIpc) is 3.29. The van der Waals surface area contributed by atoms with Gasteiger partial charge in [-0.3, -0.25) is 25.0 Å². The molecule has 0 saturated carbocycles. The number of hydrazine groups is 1. The van der Waals surface area contributed by atoms with E-state index in [-0.39, 0.29) is 24.8 Å². The van der Waals surface area contributed by atoms with Gasteiger partial charge in [0.25, 0.3) is 5.91 Å². The number of alkyl halides is 3. The lowest BCUT2D eigenvalue weighted by atomic mass is 10.0. The fourth-order valence-electron chi connectivity index (χ4n) is 3.41. The van der Waals surface area contributed by atoms with Crippen molar-refractivity contribution in [3.8, 4) is 0 Å². The highest BCUT2D eigenvalue weighted by Crippen LogP contribution is 2.30. The summed E-state index contributed by atoms with van der Waals surface area (Å²) in [5.74, 6) is -4.01. The second-order valence-electron chi connectivity index (χ2n) is 7.07. The molecule has 3 rings (SSSR count). The second kappa shape index (κ2) is 9.84. The molecule has 14 nitrogen and oxygen atoms in total. The van der Waals surface area contributed by atoms with E-state index in [0.29, 0.717) is 18.0 Å². The van der Waals surface area contributed by atoms with Gasteiger partial charge in [0.05, 0.1) is 25.0 Å². The highest BCUT2D eigenvalue weighted by Gasteiger charge is 2.49. The summed E-state index contributed by atoms with van der Waals surface area (Å²) in [4.78, 5) is 46.4. The number of quaternary nitrogens is 1. The van der Waals surface area contributed by atoms with Gasteiger partial charge in [-0.1, -0.05) is 0 Å². The standard InChI is InChI=1S/C12H19N5O7S.C2HF3O2/c18-10(7-3-4-13-5-7)14-15-11(19)9-2-1-8-6-16(9)12(20)17(8)24-25(21,22)23;3-2(4,5)1(6)7/h7-9,13H,1-6H2,(H,14,18)(H,15,19)(H,21,22,23);(H,6,7)/t7-,8-,9+;/m1./s1. The number of urea groups is 1. The number of carboxylic acid groups (broad SMARTS) is 1. The van der Waals surface area contributed by atoms with Crippen molar-refractivity contribution >= 4 is 34.2 Å². The molecular formula is C14H20F3N5O9S. The van der Waals surface area contributed by atoms with Gasteiger partial charge in [0.2, 0.25) is 5.91 Å². The lowest BCUT2D eigenvalue weighted by molar-refractivity contribution is -0.637. The van der Waals surface area contributed by atoms with Gasteiger partial charge in [-0.15, -0.1) is 4.28 Å². The van der Waals surface area contributed by atoms with Crippen molar-refractivity contribution in [3.05, 3.63) is 0 Å². The number of nitrogens with zero attached hydrogens (tertiary/aromatic N) is 2. The zero-order valence-electron chi connectivity index (χ0n) is 16.2. The van der Waals surface area contributed by atoms with Crippen LogP contribution < -0.4 is 21.3 Å². The third kappa shape index (κ3) is 6.65. The average molecular weight is 491 g/mol. The first-order chi connectivity index (χ1) is 14.7. The Morgan fingerprint density at radius 1 is 1.16 bits per heavy atom. The van der Waals surface area contributed by atoms with Crippen LogP contribution in [0.15, 0.2) is 0 Å². The highest BCUT2D eigenvalue weighted by molar-refractivity contribution is 7.80. The molecule has 0 aromatic carbocycles. The third-order valence-corrected chi connectivity index (χ3v) is 5.23. The third-order valence-electron chi connectivity index (χ3n) is 4.88. The van der Waals surface area contributed by atoms with Crippen molar-refractivity contribution in [1.29, 1.82) is 0 Å². The van der Waals surface area contributed by atoms with Crippen LogP contribution in [-0.4, -0.2) is 84.6 Å². The van der Waals surface area contributed by atoms with E-state index in [4.69, 9.17) is 14.5 Å². The first-order valence-electron chi connectivity index (χ1n) is 9.17. The number of nitrogens with one attached hydrogen (secondary N) is 2. The Balaban J connectivity index is 0.000000451. The van der Waals surface area contributed by atoms with E-state index < -0.39 is 46.6 Å². The van der Waals surface area contributed by atoms with Gasteiger partial charge < -0.3 is 20.1 Å². The number of hydroxylamine groups is 2. The molecule has 182 valence electrons. The Labute approximate surface area is 178 Å². The number of piperidine rings is 1. The van der Waals surface area contributed by atoms with Gasteiger partial charge in [0.15, 0.2) is 0 Å². The van der Waals surface area contributed by atoms with Gasteiger partial charge in [0.1, 0.15) is 12.0 Å². The number of hydrogen-bond donors (Lipinski definition) is 4. The first kappa shape index (κ1) is 25.6. The summed E-state index contributed by atoms with van der Waals surface area (Å²) in [6, 6.07) is -2.24. The second-order valence-corrected chi connectivity index (χ2v) is 8.08. The van der Waals surface area contributed by atoms with E-state index >= 15 is 0 Å². The molecule has 0 radical (unpaired) electrons. The number of amides is 4. The van der Waals surface area contributed by atoms with Gasteiger partial charge in [-0.05, 0) is 12.8 Å². The molecule has 3 atom stereocenters. The predicted octanol–water partition coefficient (Wildman–Crippen LogP) is -3.98. The molecule has 32 heavy (non-hydrogen) atoms. The number of carbonyl (C=O) groups excluding carboxylic acids is 4. The summed E-state index contributed by atoms with van der Waals surface area (Å²) in [6.07, 6.45) is -3.86. The van der Waals surface area contributed by atoms with Crippen LogP contribution in [0, 0.1) is 5.92 Å². The summed E-state index contributed by atoms with van der Waals surface area (Å²) in [6.45, 7) is 1.62. The summed E-state index contributed by atoms with van der Waals surface area (Å²) >= 11 is 0. The zero-order valence-corrected chi connectivity index (χ0v) is 17.0. The Bertz CT molecular complexity index is 862. The Morgan fingerprint density at radius 2 is 1.75 bits per heavy atom. The molecule has 3 heterocycles. The van der Waals surface area contributed by atoms with Crippen LogP contribution in [0.1, 0.15) is 19.3 Å². The van der Waals surface area contributed by atoms with Crippen LogP contribution in [0.3, 0.4) is 0 Å². The minimum atomic E-state index is -5.19. The molecular weight excluding hydrogens is 471 g/mol. The molecule has 2 bridgehead atoms. The number of fused-ring (bicyclic) bond motifs is 2. The first-order valence-corrected chi connectivity index (χ1v) is 10.5. The maximum absolute atomic E-state index is 12.3. The molecule has 3 aliphatic heterocycles. The minimum absolute atomic E-state index is 0.0952. The number of aliphatic carboxylic acids is 1. The van der Waals surface area contributed by atoms with Crippen molar-refractivity contribution in [2.24, 2.45) is 5.92 Å². The fourth-order valence-corrected chi connectivity index (χ4v) is 3.80. The van der Waals surface area contributed by atoms with E-state index in [1.807, 2.05) is 5.32 Å². The molecule has 3 aliphatic rings. The summed E-state index contributed by atoms with van der Waals surface area (Å²) in [5, 5.41) is 11.4. The van der Waals surface area contributed by atoms with Crippen LogP contribution in [0.4, 0.5) is 18.0 Å². The van der Waals surface area contributed by atoms with E-state index in [1.54, 1.807) is 0 Å². The molecule has 0 aromatic heterocycles. The maximum Gasteiger partial charge on any atom is 0.430 e. The van der Waals surface area contributed by atoms with E-state index in [9.17, 15) is 36.0 Å². The topological polar surface area (TPSA) is 202 Å². The largest absolute Gasteiger partial charge is 0.542 e.